The van der Waals surface area contributed by atoms with Gasteiger partial charge in [-0.3, -0.25) is 14.3 Å². The molecule has 0 radical (unpaired) electrons. The number of anilines is 1. The van der Waals surface area contributed by atoms with E-state index in [0.29, 0.717) is 13.1 Å². The number of amides is 2. The maximum Gasteiger partial charge on any atom is 0.228 e. The minimum absolute atomic E-state index is 0.00858. The van der Waals surface area contributed by atoms with Gasteiger partial charge in [0.2, 0.25) is 11.8 Å². The van der Waals surface area contributed by atoms with Crippen LogP contribution in [0.15, 0.2) is 36.7 Å². The minimum atomic E-state index is -0.293. The molecule has 144 valence electrons. The number of carbonyl (C=O) groups excluding carboxylic acids is 2. The first kappa shape index (κ1) is 19.1. The van der Waals surface area contributed by atoms with Gasteiger partial charge < -0.3 is 9.80 Å². The molecule has 3 rings (SSSR count). The SMILES string of the molecule is CCCCc1ccc(N2CC(C(=O)N(C)Cc3cnn(C)c3)CC2=O)cc1. The number of carbonyl (C=O) groups is 2. The van der Waals surface area contributed by atoms with E-state index in [9.17, 15) is 9.59 Å². The van der Waals surface area contributed by atoms with Crippen molar-refractivity contribution in [2.45, 2.75) is 39.2 Å². The highest BCUT2D eigenvalue weighted by atomic mass is 16.2. The van der Waals surface area contributed by atoms with Gasteiger partial charge in [0.25, 0.3) is 0 Å². The monoisotopic (exact) mass is 368 g/mol. The Morgan fingerprint density at radius 2 is 2.00 bits per heavy atom. The zero-order valence-electron chi connectivity index (χ0n) is 16.4. The molecule has 0 aliphatic carbocycles. The average molecular weight is 368 g/mol. The van der Waals surface area contributed by atoms with Crippen LogP contribution in [-0.2, 0) is 29.6 Å². The molecule has 1 aliphatic rings. The van der Waals surface area contributed by atoms with E-state index >= 15 is 0 Å². The Morgan fingerprint density at radius 1 is 1.26 bits per heavy atom. The van der Waals surface area contributed by atoms with Crippen molar-refractivity contribution >= 4 is 17.5 Å². The van der Waals surface area contributed by atoms with Gasteiger partial charge in [-0.1, -0.05) is 25.5 Å². The highest BCUT2D eigenvalue weighted by Gasteiger charge is 2.36. The second-order valence-corrected chi connectivity index (χ2v) is 7.39. The lowest BCUT2D eigenvalue weighted by atomic mass is 10.1. The molecular formula is C21H28N4O2. The first-order chi connectivity index (χ1) is 13.0. The lowest BCUT2D eigenvalue weighted by molar-refractivity contribution is -0.135. The molecule has 1 aromatic heterocycles. The molecular weight excluding hydrogens is 340 g/mol. The number of unbranched alkanes of at least 4 members (excludes halogenated alkanes) is 1. The molecule has 1 fully saturated rings. The summed E-state index contributed by atoms with van der Waals surface area (Å²) < 4.78 is 1.72. The molecule has 0 saturated carbocycles. The predicted molar refractivity (Wildman–Crippen MR) is 105 cm³/mol. The Labute approximate surface area is 160 Å². The van der Waals surface area contributed by atoms with E-state index in [1.165, 1.54) is 18.4 Å². The first-order valence-electron chi connectivity index (χ1n) is 9.59. The quantitative estimate of drug-likeness (QED) is 0.755. The maximum atomic E-state index is 12.8. The van der Waals surface area contributed by atoms with E-state index in [1.54, 1.807) is 27.7 Å². The van der Waals surface area contributed by atoms with E-state index in [0.717, 1.165) is 17.7 Å². The smallest absolute Gasteiger partial charge is 0.228 e. The van der Waals surface area contributed by atoms with Crippen molar-refractivity contribution in [3.05, 3.63) is 47.8 Å². The maximum absolute atomic E-state index is 12.8. The fourth-order valence-electron chi connectivity index (χ4n) is 3.56. The zero-order chi connectivity index (χ0) is 19.4. The molecule has 0 spiro atoms. The number of hydrogen-bond donors (Lipinski definition) is 0. The standard InChI is InChI=1S/C21H28N4O2/c1-4-5-6-16-7-9-19(10-8-16)25-15-18(11-20(25)26)21(27)23(2)13-17-12-22-24(3)14-17/h7-10,12,14,18H,4-6,11,13,15H2,1-3H3. The summed E-state index contributed by atoms with van der Waals surface area (Å²) in [6, 6.07) is 8.16. The lowest BCUT2D eigenvalue weighted by Crippen LogP contribution is -2.34. The second kappa shape index (κ2) is 8.37. The zero-order valence-corrected chi connectivity index (χ0v) is 16.4. The van der Waals surface area contributed by atoms with Crippen molar-refractivity contribution in [1.82, 2.24) is 14.7 Å². The Bertz CT molecular complexity index is 797. The van der Waals surface area contributed by atoms with Gasteiger partial charge in [-0.05, 0) is 30.5 Å². The number of benzene rings is 1. The normalized spacial score (nSPS) is 16.8. The molecule has 1 unspecified atom stereocenters. The molecule has 6 nitrogen and oxygen atoms in total. The second-order valence-electron chi connectivity index (χ2n) is 7.39. The molecule has 1 atom stereocenters. The van der Waals surface area contributed by atoms with Crippen molar-refractivity contribution in [2.24, 2.45) is 13.0 Å². The Morgan fingerprint density at radius 3 is 2.63 bits per heavy atom. The van der Waals surface area contributed by atoms with Crippen LogP contribution in [0.1, 0.15) is 37.3 Å². The van der Waals surface area contributed by atoms with Gasteiger partial charge >= 0.3 is 0 Å². The van der Waals surface area contributed by atoms with E-state index < -0.39 is 0 Å². The van der Waals surface area contributed by atoms with Crippen LogP contribution in [0.4, 0.5) is 5.69 Å². The highest BCUT2D eigenvalue weighted by molar-refractivity contribution is 6.00. The van der Waals surface area contributed by atoms with E-state index in [4.69, 9.17) is 0 Å². The summed E-state index contributed by atoms with van der Waals surface area (Å²) in [5, 5.41) is 4.13. The van der Waals surface area contributed by atoms with Crippen molar-refractivity contribution in [3.8, 4) is 0 Å². The van der Waals surface area contributed by atoms with Crippen LogP contribution in [0.25, 0.3) is 0 Å². The molecule has 6 heteroatoms. The lowest BCUT2D eigenvalue weighted by Gasteiger charge is -2.21. The summed E-state index contributed by atoms with van der Waals surface area (Å²) >= 11 is 0. The van der Waals surface area contributed by atoms with Crippen LogP contribution < -0.4 is 4.90 Å². The van der Waals surface area contributed by atoms with Crippen molar-refractivity contribution in [2.75, 3.05) is 18.5 Å². The Balaban J connectivity index is 1.61. The molecule has 1 saturated heterocycles. The third-order valence-corrected chi connectivity index (χ3v) is 5.10. The molecule has 2 aromatic rings. The number of rotatable bonds is 7. The van der Waals surface area contributed by atoms with Crippen LogP contribution in [-0.4, -0.2) is 40.1 Å². The molecule has 0 N–H and O–H groups in total. The third-order valence-electron chi connectivity index (χ3n) is 5.10. The highest BCUT2D eigenvalue weighted by Crippen LogP contribution is 2.27. The van der Waals surface area contributed by atoms with Gasteiger partial charge in [0.15, 0.2) is 0 Å². The van der Waals surface area contributed by atoms with Crippen LogP contribution >= 0.6 is 0 Å². The molecule has 0 bridgehead atoms. The summed E-state index contributed by atoms with van der Waals surface area (Å²) in [4.78, 5) is 28.7. The number of nitrogens with zero attached hydrogens (tertiary/aromatic N) is 4. The molecule has 2 heterocycles. The van der Waals surface area contributed by atoms with Gasteiger partial charge in [-0.2, -0.15) is 5.10 Å². The van der Waals surface area contributed by atoms with Gasteiger partial charge in [-0.15, -0.1) is 0 Å². The summed E-state index contributed by atoms with van der Waals surface area (Å²) in [5.74, 6) is -0.266. The fourth-order valence-corrected chi connectivity index (χ4v) is 3.56. The van der Waals surface area contributed by atoms with Crippen LogP contribution in [0, 0.1) is 5.92 Å². The largest absolute Gasteiger partial charge is 0.341 e. The molecule has 27 heavy (non-hydrogen) atoms. The van der Waals surface area contributed by atoms with Crippen molar-refractivity contribution in [3.63, 3.8) is 0 Å². The van der Waals surface area contributed by atoms with Crippen molar-refractivity contribution in [1.29, 1.82) is 0 Å². The van der Waals surface area contributed by atoms with E-state index in [-0.39, 0.29) is 24.2 Å². The summed E-state index contributed by atoms with van der Waals surface area (Å²) in [6.45, 7) is 3.13. The molecule has 1 aromatic carbocycles. The van der Waals surface area contributed by atoms with Gasteiger partial charge in [0, 0.05) is 51.1 Å². The molecule has 1 aliphatic heterocycles. The van der Waals surface area contributed by atoms with Gasteiger partial charge in [0.1, 0.15) is 0 Å². The summed E-state index contributed by atoms with van der Waals surface area (Å²) in [6.07, 6.45) is 7.33. The number of hydrogen-bond acceptors (Lipinski definition) is 3. The first-order valence-corrected chi connectivity index (χ1v) is 9.59. The average Bonchev–Trinajstić information content (AvgIpc) is 3.25. The summed E-state index contributed by atoms with van der Waals surface area (Å²) in [5.41, 5.74) is 3.15. The number of aromatic nitrogens is 2. The Kier molecular flexibility index (Phi) is 5.94. The van der Waals surface area contributed by atoms with Crippen LogP contribution in [0.5, 0.6) is 0 Å². The number of aryl methyl sites for hydroxylation is 2. The third kappa shape index (κ3) is 4.56. The van der Waals surface area contributed by atoms with E-state index in [1.807, 2.05) is 25.4 Å². The minimum Gasteiger partial charge on any atom is -0.341 e. The topological polar surface area (TPSA) is 58.4 Å². The fraction of sp³-hybridized carbons (Fsp3) is 0.476. The Hall–Kier alpha value is -2.63. The molecule has 2 amide bonds. The summed E-state index contributed by atoms with van der Waals surface area (Å²) in [7, 11) is 3.64. The van der Waals surface area contributed by atoms with Gasteiger partial charge in [-0.25, -0.2) is 0 Å². The van der Waals surface area contributed by atoms with Crippen LogP contribution in [0.3, 0.4) is 0 Å². The van der Waals surface area contributed by atoms with Gasteiger partial charge in [0.05, 0.1) is 12.1 Å². The van der Waals surface area contributed by atoms with Crippen LogP contribution in [0.2, 0.25) is 0 Å². The predicted octanol–water partition coefficient (Wildman–Crippen LogP) is 2.77. The van der Waals surface area contributed by atoms with Crippen molar-refractivity contribution < 1.29 is 9.59 Å². The van der Waals surface area contributed by atoms with E-state index in [2.05, 4.69) is 24.2 Å².